The molecule has 5 heteroatoms. The van der Waals surface area contributed by atoms with Gasteiger partial charge in [0.25, 0.3) is 0 Å². The van der Waals surface area contributed by atoms with E-state index >= 15 is 0 Å². The first-order chi connectivity index (χ1) is 9.26. The van der Waals surface area contributed by atoms with E-state index in [-0.39, 0.29) is 0 Å². The van der Waals surface area contributed by atoms with E-state index in [1.165, 1.54) is 0 Å². The molecule has 0 aliphatic carbocycles. The van der Waals surface area contributed by atoms with Crippen LogP contribution in [0.5, 0.6) is 11.5 Å². The molecule has 0 saturated carbocycles. The van der Waals surface area contributed by atoms with Gasteiger partial charge in [-0.05, 0) is 6.92 Å². The van der Waals surface area contributed by atoms with Crippen LogP contribution in [-0.2, 0) is 13.1 Å². The second-order valence-corrected chi connectivity index (χ2v) is 4.08. The lowest BCUT2D eigenvalue weighted by Crippen LogP contribution is -2.07. The van der Waals surface area contributed by atoms with Crippen LogP contribution < -0.4 is 14.8 Å². The van der Waals surface area contributed by atoms with Crippen LogP contribution in [0.3, 0.4) is 0 Å². The van der Waals surface area contributed by atoms with Crippen LogP contribution in [0.2, 0.25) is 0 Å². The van der Waals surface area contributed by atoms with Crippen LogP contribution in [0.25, 0.3) is 0 Å². The van der Waals surface area contributed by atoms with Crippen LogP contribution in [0.4, 0.5) is 5.69 Å². The van der Waals surface area contributed by atoms with Crippen molar-refractivity contribution in [1.29, 1.82) is 0 Å². The smallest absolute Gasteiger partial charge is 0.128 e. The molecule has 1 aromatic carbocycles. The van der Waals surface area contributed by atoms with Crippen molar-refractivity contribution < 1.29 is 9.47 Å². The maximum Gasteiger partial charge on any atom is 0.128 e. The van der Waals surface area contributed by atoms with Crippen molar-refractivity contribution in [2.45, 2.75) is 20.0 Å². The summed E-state index contributed by atoms with van der Waals surface area (Å²) in [5, 5.41) is 3.33. The minimum absolute atomic E-state index is 0.664. The molecule has 0 saturated heterocycles. The molecular formula is C14H19N3O2. The van der Waals surface area contributed by atoms with Gasteiger partial charge in [-0.15, -0.1) is 0 Å². The van der Waals surface area contributed by atoms with Gasteiger partial charge in [-0.2, -0.15) is 0 Å². The number of aromatic nitrogens is 2. The number of methoxy groups -OCH3 is 2. The standard InChI is InChI=1S/C14H19N3O2/c1-4-17-6-5-15-14(17)10-16-11-7-12(18-2)9-13(8-11)19-3/h5-9,16H,4,10H2,1-3H3. The highest BCUT2D eigenvalue weighted by Crippen LogP contribution is 2.25. The molecule has 0 aliphatic rings. The van der Waals surface area contributed by atoms with Crippen LogP contribution in [0.15, 0.2) is 30.6 Å². The Bertz CT molecular complexity index is 515. The van der Waals surface area contributed by atoms with Crippen molar-refractivity contribution in [3.8, 4) is 11.5 Å². The minimum atomic E-state index is 0.664. The maximum absolute atomic E-state index is 5.24. The van der Waals surface area contributed by atoms with E-state index in [1.807, 2.05) is 30.6 Å². The zero-order valence-electron chi connectivity index (χ0n) is 11.5. The van der Waals surface area contributed by atoms with Gasteiger partial charge in [-0.3, -0.25) is 0 Å². The predicted molar refractivity (Wildman–Crippen MR) is 74.8 cm³/mol. The zero-order valence-corrected chi connectivity index (χ0v) is 11.5. The molecule has 0 amide bonds. The van der Waals surface area contributed by atoms with E-state index in [0.29, 0.717) is 6.54 Å². The third-order valence-corrected chi connectivity index (χ3v) is 2.94. The second kappa shape index (κ2) is 6.13. The molecule has 0 atom stereocenters. The maximum atomic E-state index is 5.24. The summed E-state index contributed by atoms with van der Waals surface area (Å²) in [6.07, 6.45) is 3.79. The molecule has 0 fully saturated rings. The Morgan fingerprint density at radius 2 is 1.84 bits per heavy atom. The summed E-state index contributed by atoms with van der Waals surface area (Å²) >= 11 is 0. The Balaban J connectivity index is 2.10. The summed E-state index contributed by atoms with van der Waals surface area (Å²) < 4.78 is 12.6. The van der Waals surface area contributed by atoms with Gasteiger partial charge in [0.2, 0.25) is 0 Å². The number of ether oxygens (including phenoxy) is 2. The van der Waals surface area contributed by atoms with Gasteiger partial charge >= 0.3 is 0 Å². The number of hydrogen-bond donors (Lipinski definition) is 1. The quantitative estimate of drug-likeness (QED) is 0.868. The molecule has 19 heavy (non-hydrogen) atoms. The molecule has 2 aromatic rings. The van der Waals surface area contributed by atoms with Gasteiger partial charge < -0.3 is 19.4 Å². The Morgan fingerprint density at radius 1 is 1.16 bits per heavy atom. The topological polar surface area (TPSA) is 48.3 Å². The first-order valence-electron chi connectivity index (χ1n) is 6.23. The van der Waals surface area contributed by atoms with Crippen LogP contribution in [0, 0.1) is 0 Å². The average molecular weight is 261 g/mol. The molecule has 5 nitrogen and oxygen atoms in total. The van der Waals surface area contributed by atoms with Gasteiger partial charge in [-0.25, -0.2) is 4.98 Å². The summed E-state index contributed by atoms with van der Waals surface area (Å²) in [4.78, 5) is 4.33. The van der Waals surface area contributed by atoms with Gasteiger partial charge in [-0.1, -0.05) is 0 Å². The summed E-state index contributed by atoms with van der Waals surface area (Å²) in [5.41, 5.74) is 0.946. The SMILES string of the molecule is CCn1ccnc1CNc1cc(OC)cc(OC)c1. The largest absolute Gasteiger partial charge is 0.497 e. The third-order valence-electron chi connectivity index (χ3n) is 2.94. The normalized spacial score (nSPS) is 10.3. The Kier molecular flexibility index (Phi) is 4.28. The van der Waals surface area contributed by atoms with Gasteiger partial charge in [0.1, 0.15) is 17.3 Å². The highest BCUT2D eigenvalue weighted by atomic mass is 16.5. The number of hydrogen-bond acceptors (Lipinski definition) is 4. The highest BCUT2D eigenvalue weighted by molar-refractivity contribution is 5.53. The van der Waals surface area contributed by atoms with Gasteiger partial charge in [0, 0.05) is 42.8 Å². The Hall–Kier alpha value is -2.17. The monoisotopic (exact) mass is 261 g/mol. The molecule has 0 spiro atoms. The number of imidazole rings is 1. The Morgan fingerprint density at radius 3 is 2.42 bits per heavy atom. The minimum Gasteiger partial charge on any atom is -0.497 e. The fourth-order valence-electron chi connectivity index (χ4n) is 1.89. The third kappa shape index (κ3) is 3.19. The molecular weight excluding hydrogens is 242 g/mol. The molecule has 0 bridgehead atoms. The van der Waals surface area contributed by atoms with Crippen molar-refractivity contribution in [2.24, 2.45) is 0 Å². The fourth-order valence-corrected chi connectivity index (χ4v) is 1.89. The first-order valence-corrected chi connectivity index (χ1v) is 6.23. The molecule has 102 valence electrons. The summed E-state index contributed by atoms with van der Waals surface area (Å²) in [6, 6.07) is 5.71. The first kappa shape index (κ1) is 13.3. The van der Waals surface area contributed by atoms with E-state index in [1.54, 1.807) is 14.2 Å². The number of anilines is 1. The Labute approximate surface area is 113 Å². The summed E-state index contributed by atoms with van der Waals surface area (Å²) in [6.45, 7) is 3.68. The van der Waals surface area contributed by atoms with Crippen molar-refractivity contribution in [2.75, 3.05) is 19.5 Å². The number of aryl methyl sites for hydroxylation is 1. The number of rotatable bonds is 6. The second-order valence-electron chi connectivity index (χ2n) is 4.08. The van der Waals surface area contributed by atoms with Crippen molar-refractivity contribution >= 4 is 5.69 Å². The van der Waals surface area contributed by atoms with E-state index in [2.05, 4.69) is 21.8 Å². The van der Waals surface area contributed by atoms with Crippen molar-refractivity contribution in [3.05, 3.63) is 36.4 Å². The van der Waals surface area contributed by atoms with E-state index in [0.717, 1.165) is 29.6 Å². The average Bonchev–Trinajstić information content (AvgIpc) is 2.92. The lowest BCUT2D eigenvalue weighted by molar-refractivity contribution is 0.394. The van der Waals surface area contributed by atoms with E-state index in [4.69, 9.17) is 9.47 Å². The number of nitrogens with zero attached hydrogens (tertiary/aromatic N) is 2. The summed E-state index contributed by atoms with van der Waals surface area (Å²) in [5.74, 6) is 2.53. The molecule has 0 radical (unpaired) electrons. The number of nitrogens with one attached hydrogen (secondary N) is 1. The van der Waals surface area contributed by atoms with Gasteiger partial charge in [0.05, 0.1) is 20.8 Å². The fraction of sp³-hybridized carbons (Fsp3) is 0.357. The van der Waals surface area contributed by atoms with E-state index in [9.17, 15) is 0 Å². The lowest BCUT2D eigenvalue weighted by Gasteiger charge is -2.11. The van der Waals surface area contributed by atoms with Crippen molar-refractivity contribution in [1.82, 2.24) is 9.55 Å². The van der Waals surface area contributed by atoms with Gasteiger partial charge in [0.15, 0.2) is 0 Å². The molecule has 1 aromatic heterocycles. The van der Waals surface area contributed by atoms with Crippen LogP contribution in [-0.4, -0.2) is 23.8 Å². The molecule has 0 unspecified atom stereocenters. The summed E-state index contributed by atoms with van der Waals surface area (Å²) in [7, 11) is 3.28. The zero-order chi connectivity index (χ0) is 13.7. The van der Waals surface area contributed by atoms with Crippen LogP contribution >= 0.6 is 0 Å². The number of benzene rings is 1. The highest BCUT2D eigenvalue weighted by Gasteiger charge is 2.04. The van der Waals surface area contributed by atoms with Crippen LogP contribution in [0.1, 0.15) is 12.7 Å². The molecule has 1 heterocycles. The lowest BCUT2D eigenvalue weighted by atomic mass is 10.2. The predicted octanol–water partition coefficient (Wildman–Crippen LogP) is 2.53. The molecule has 1 N–H and O–H groups in total. The molecule has 2 rings (SSSR count). The van der Waals surface area contributed by atoms with Crippen molar-refractivity contribution in [3.63, 3.8) is 0 Å². The molecule has 0 aliphatic heterocycles. The van der Waals surface area contributed by atoms with E-state index < -0.39 is 0 Å².